The summed E-state index contributed by atoms with van der Waals surface area (Å²) in [5.74, 6) is 0. The zero-order chi connectivity index (χ0) is 17.1. The van der Waals surface area contributed by atoms with Gasteiger partial charge in [0.2, 0.25) is 12.0 Å². The van der Waals surface area contributed by atoms with Crippen molar-refractivity contribution in [3.63, 3.8) is 0 Å². The Hall–Kier alpha value is -2.50. The number of hydrogen-bond acceptors (Lipinski definition) is 4. The SMILES string of the molecule is CN1OC(c2ccccc2)OOC1(c1ccccc1)c1ccccc1. The predicted octanol–water partition coefficient (Wildman–Crippen LogP) is 4.41. The van der Waals surface area contributed by atoms with E-state index in [0.717, 1.165) is 16.7 Å². The minimum absolute atomic E-state index is 0.619. The summed E-state index contributed by atoms with van der Waals surface area (Å²) in [5.41, 5.74) is 1.77. The predicted molar refractivity (Wildman–Crippen MR) is 93.9 cm³/mol. The van der Waals surface area contributed by atoms with Crippen LogP contribution in [0.2, 0.25) is 0 Å². The highest BCUT2D eigenvalue weighted by Crippen LogP contribution is 2.43. The molecule has 4 rings (SSSR count). The zero-order valence-corrected chi connectivity index (χ0v) is 13.9. The van der Waals surface area contributed by atoms with E-state index in [9.17, 15) is 0 Å². The van der Waals surface area contributed by atoms with Gasteiger partial charge in [0, 0.05) is 23.7 Å². The first-order valence-electron chi connectivity index (χ1n) is 8.22. The van der Waals surface area contributed by atoms with Gasteiger partial charge in [0.05, 0.1) is 0 Å². The van der Waals surface area contributed by atoms with E-state index in [1.165, 1.54) is 0 Å². The fourth-order valence-corrected chi connectivity index (χ4v) is 3.08. The topological polar surface area (TPSA) is 30.9 Å². The van der Waals surface area contributed by atoms with Crippen molar-refractivity contribution < 1.29 is 14.6 Å². The molecule has 1 unspecified atom stereocenters. The zero-order valence-electron chi connectivity index (χ0n) is 13.9. The Balaban J connectivity index is 1.74. The Morgan fingerprint density at radius 2 is 1.20 bits per heavy atom. The molecular weight excluding hydrogens is 314 g/mol. The number of benzene rings is 3. The molecule has 0 radical (unpaired) electrons. The first-order valence-corrected chi connectivity index (χ1v) is 8.22. The Kier molecular flexibility index (Phi) is 4.34. The molecule has 1 fully saturated rings. The molecule has 1 saturated heterocycles. The summed E-state index contributed by atoms with van der Waals surface area (Å²) in [6.45, 7) is 0. The van der Waals surface area contributed by atoms with Crippen molar-refractivity contribution in [3.8, 4) is 0 Å². The maximum atomic E-state index is 6.08. The number of hydroxylamine groups is 2. The van der Waals surface area contributed by atoms with Gasteiger partial charge in [-0.3, -0.25) is 4.84 Å². The Morgan fingerprint density at radius 3 is 1.68 bits per heavy atom. The summed E-state index contributed by atoms with van der Waals surface area (Å²) in [5, 5.41) is 1.72. The smallest absolute Gasteiger partial charge is 0.236 e. The summed E-state index contributed by atoms with van der Waals surface area (Å²) < 4.78 is 0. The van der Waals surface area contributed by atoms with Crippen molar-refractivity contribution in [2.75, 3.05) is 7.05 Å². The van der Waals surface area contributed by atoms with Gasteiger partial charge in [0.25, 0.3) is 0 Å². The molecule has 25 heavy (non-hydrogen) atoms. The molecule has 0 amide bonds. The summed E-state index contributed by atoms with van der Waals surface area (Å²) in [6.07, 6.45) is -0.619. The van der Waals surface area contributed by atoms with E-state index in [1.807, 2.05) is 98.0 Å². The molecule has 1 aliphatic rings. The average molecular weight is 333 g/mol. The second kappa shape index (κ2) is 6.78. The van der Waals surface area contributed by atoms with Gasteiger partial charge >= 0.3 is 0 Å². The largest absolute Gasteiger partial charge is 0.256 e. The highest BCUT2D eigenvalue weighted by atomic mass is 17.3. The molecule has 0 bridgehead atoms. The first-order chi connectivity index (χ1) is 12.3. The quantitative estimate of drug-likeness (QED) is 0.664. The van der Waals surface area contributed by atoms with Crippen LogP contribution in [-0.4, -0.2) is 12.1 Å². The summed E-state index contributed by atoms with van der Waals surface area (Å²) >= 11 is 0. The van der Waals surface area contributed by atoms with Crippen LogP contribution in [0.5, 0.6) is 0 Å². The van der Waals surface area contributed by atoms with Gasteiger partial charge in [-0.25, -0.2) is 0 Å². The van der Waals surface area contributed by atoms with E-state index in [-0.39, 0.29) is 0 Å². The van der Waals surface area contributed by atoms with Crippen molar-refractivity contribution in [3.05, 3.63) is 108 Å². The number of hydrogen-bond donors (Lipinski definition) is 0. The molecule has 1 atom stereocenters. The van der Waals surface area contributed by atoms with Gasteiger partial charge in [-0.05, 0) is 0 Å². The molecule has 3 aromatic carbocycles. The lowest BCUT2D eigenvalue weighted by atomic mass is 9.94. The summed E-state index contributed by atoms with van der Waals surface area (Å²) in [6, 6.07) is 29.6. The molecular formula is C21H19NO3. The van der Waals surface area contributed by atoms with Crippen LogP contribution in [0.25, 0.3) is 0 Å². The molecule has 0 saturated carbocycles. The second-order valence-corrected chi connectivity index (χ2v) is 5.90. The van der Waals surface area contributed by atoms with Crippen molar-refractivity contribution in [1.82, 2.24) is 5.06 Å². The minimum Gasteiger partial charge on any atom is -0.256 e. The van der Waals surface area contributed by atoms with Gasteiger partial charge in [0.15, 0.2) is 0 Å². The van der Waals surface area contributed by atoms with E-state index in [2.05, 4.69) is 0 Å². The van der Waals surface area contributed by atoms with Crippen molar-refractivity contribution >= 4 is 0 Å². The van der Waals surface area contributed by atoms with Crippen LogP contribution in [0.1, 0.15) is 23.0 Å². The van der Waals surface area contributed by atoms with Gasteiger partial charge < -0.3 is 0 Å². The normalized spacial score (nSPS) is 20.3. The molecule has 4 heteroatoms. The van der Waals surface area contributed by atoms with Crippen molar-refractivity contribution in [2.24, 2.45) is 0 Å². The lowest BCUT2D eigenvalue weighted by Gasteiger charge is -2.45. The van der Waals surface area contributed by atoms with Crippen LogP contribution in [-0.2, 0) is 20.3 Å². The molecule has 3 aromatic rings. The van der Waals surface area contributed by atoms with Gasteiger partial charge in [-0.1, -0.05) is 91.0 Å². The lowest BCUT2D eigenvalue weighted by Crippen LogP contribution is -2.51. The standard InChI is InChI=1S/C21H19NO3/c1-22-21(18-13-7-3-8-14-18,19-15-9-4-10-16-19)25-24-20(23-22)17-11-5-2-6-12-17/h2-16,20H,1H3. The maximum absolute atomic E-state index is 6.08. The van der Waals surface area contributed by atoms with Crippen molar-refractivity contribution in [1.29, 1.82) is 0 Å². The molecule has 0 aliphatic carbocycles. The average Bonchev–Trinajstić information content (AvgIpc) is 2.70. The number of rotatable bonds is 3. The van der Waals surface area contributed by atoms with Crippen LogP contribution >= 0.6 is 0 Å². The Morgan fingerprint density at radius 1 is 0.720 bits per heavy atom. The van der Waals surface area contributed by atoms with E-state index < -0.39 is 12.0 Å². The minimum atomic E-state index is -0.978. The van der Waals surface area contributed by atoms with Crippen LogP contribution < -0.4 is 0 Å². The van der Waals surface area contributed by atoms with Gasteiger partial charge in [-0.15, -0.1) is 5.06 Å². The number of nitrogens with zero attached hydrogens (tertiary/aromatic N) is 1. The molecule has 0 N–H and O–H groups in total. The van der Waals surface area contributed by atoms with E-state index >= 15 is 0 Å². The third kappa shape index (κ3) is 2.86. The van der Waals surface area contributed by atoms with Crippen LogP contribution in [0.3, 0.4) is 0 Å². The van der Waals surface area contributed by atoms with E-state index in [4.69, 9.17) is 14.6 Å². The molecule has 1 heterocycles. The van der Waals surface area contributed by atoms with E-state index in [0.29, 0.717) is 0 Å². The summed E-state index contributed by atoms with van der Waals surface area (Å²) in [7, 11) is 1.86. The Bertz CT molecular complexity index is 769. The van der Waals surface area contributed by atoms with Crippen LogP contribution in [0.15, 0.2) is 91.0 Å². The monoisotopic (exact) mass is 333 g/mol. The highest BCUT2D eigenvalue weighted by Gasteiger charge is 2.47. The summed E-state index contributed by atoms with van der Waals surface area (Å²) in [4.78, 5) is 17.8. The Labute approximate surface area is 147 Å². The lowest BCUT2D eigenvalue weighted by molar-refractivity contribution is -0.557. The molecule has 126 valence electrons. The highest BCUT2D eigenvalue weighted by molar-refractivity contribution is 5.35. The molecule has 4 nitrogen and oxygen atoms in total. The molecule has 0 aromatic heterocycles. The van der Waals surface area contributed by atoms with Gasteiger partial charge in [0.1, 0.15) is 0 Å². The van der Waals surface area contributed by atoms with Crippen molar-refractivity contribution in [2.45, 2.75) is 12.0 Å². The fourth-order valence-electron chi connectivity index (χ4n) is 3.08. The third-order valence-corrected chi connectivity index (χ3v) is 4.36. The fraction of sp³-hybridized carbons (Fsp3) is 0.143. The molecule has 0 spiro atoms. The maximum Gasteiger partial charge on any atom is 0.236 e. The molecule has 1 aliphatic heterocycles. The third-order valence-electron chi connectivity index (χ3n) is 4.36. The first kappa shape index (κ1) is 16.0. The van der Waals surface area contributed by atoms with Crippen LogP contribution in [0.4, 0.5) is 0 Å². The van der Waals surface area contributed by atoms with Gasteiger partial charge in [-0.2, -0.15) is 9.78 Å². The second-order valence-electron chi connectivity index (χ2n) is 5.90. The van der Waals surface area contributed by atoms with Crippen LogP contribution in [0, 0.1) is 0 Å². The van der Waals surface area contributed by atoms with E-state index in [1.54, 1.807) is 5.06 Å².